The predicted molar refractivity (Wildman–Crippen MR) is 71.1 cm³/mol. The summed E-state index contributed by atoms with van der Waals surface area (Å²) in [5, 5.41) is 3.52. The summed E-state index contributed by atoms with van der Waals surface area (Å²) in [4.78, 5) is 19.2. The molecule has 0 bridgehead atoms. The third-order valence-corrected chi connectivity index (χ3v) is 4.13. The third-order valence-electron chi connectivity index (χ3n) is 2.63. The number of carbonyl (C=O) groups excluding carboxylic acids is 1. The van der Waals surface area contributed by atoms with Crippen molar-refractivity contribution in [2.24, 2.45) is 0 Å². The van der Waals surface area contributed by atoms with Crippen LogP contribution in [0.2, 0.25) is 5.15 Å². The van der Waals surface area contributed by atoms with Crippen LogP contribution in [0.25, 0.3) is 0 Å². The molecule has 0 aliphatic carbocycles. The molecule has 92 valence electrons. The number of halogens is 1. The summed E-state index contributed by atoms with van der Waals surface area (Å²) in [7, 11) is 0. The van der Waals surface area contributed by atoms with Crippen LogP contribution in [0, 0.1) is 6.92 Å². The highest BCUT2D eigenvalue weighted by molar-refractivity contribution is 7.99. The van der Waals surface area contributed by atoms with Gasteiger partial charge in [-0.05, 0) is 25.5 Å². The van der Waals surface area contributed by atoms with Crippen LogP contribution in [0.4, 0.5) is 5.82 Å². The Bertz CT molecular complexity index is 421. The molecular formula is C11H14ClN3OS. The minimum Gasteiger partial charge on any atom is -0.366 e. The molecule has 1 aromatic rings. The fourth-order valence-electron chi connectivity index (χ4n) is 1.81. The molecular weight excluding hydrogens is 258 g/mol. The van der Waals surface area contributed by atoms with Crippen molar-refractivity contribution in [2.45, 2.75) is 25.8 Å². The van der Waals surface area contributed by atoms with Gasteiger partial charge in [-0.15, -0.1) is 0 Å². The molecule has 1 atom stereocenters. The minimum atomic E-state index is 0.221. The van der Waals surface area contributed by atoms with Crippen molar-refractivity contribution < 1.29 is 4.79 Å². The first-order valence-corrected chi connectivity index (χ1v) is 7.07. The number of carbonyl (C=O) groups is 1. The summed E-state index contributed by atoms with van der Waals surface area (Å²) < 4.78 is 0. The number of aromatic nitrogens is 2. The standard InChI is InChI=1S/C11H14ClN3OS/c1-7-13-10(12)9(5-16)11(14-7)15-8-3-2-4-17-6-8/h5,8H,2-4,6H2,1H3,(H,13,14,15). The maximum absolute atomic E-state index is 11.0. The van der Waals surface area contributed by atoms with Gasteiger partial charge in [0, 0.05) is 11.8 Å². The van der Waals surface area contributed by atoms with Crippen molar-refractivity contribution in [3.63, 3.8) is 0 Å². The van der Waals surface area contributed by atoms with Gasteiger partial charge in [-0.3, -0.25) is 4.79 Å². The summed E-state index contributed by atoms with van der Waals surface area (Å²) in [5.41, 5.74) is 0.354. The van der Waals surface area contributed by atoms with E-state index in [1.807, 2.05) is 11.8 Å². The maximum atomic E-state index is 11.0. The molecule has 1 N–H and O–H groups in total. The Morgan fingerprint density at radius 2 is 2.35 bits per heavy atom. The van der Waals surface area contributed by atoms with Gasteiger partial charge in [0.05, 0.1) is 5.56 Å². The van der Waals surface area contributed by atoms with Crippen LogP contribution in [-0.2, 0) is 0 Å². The van der Waals surface area contributed by atoms with Gasteiger partial charge in [-0.1, -0.05) is 11.6 Å². The van der Waals surface area contributed by atoms with E-state index in [0.717, 1.165) is 12.2 Å². The number of aldehydes is 1. The fraction of sp³-hybridized carbons (Fsp3) is 0.545. The lowest BCUT2D eigenvalue weighted by molar-refractivity contribution is 0.112. The zero-order valence-corrected chi connectivity index (χ0v) is 11.1. The Hall–Kier alpha value is -0.810. The second-order valence-electron chi connectivity index (χ2n) is 4.00. The van der Waals surface area contributed by atoms with Gasteiger partial charge < -0.3 is 5.32 Å². The lowest BCUT2D eigenvalue weighted by atomic mass is 10.2. The largest absolute Gasteiger partial charge is 0.366 e. The number of nitrogens with zero attached hydrogens (tertiary/aromatic N) is 2. The molecule has 4 nitrogen and oxygen atoms in total. The van der Waals surface area contributed by atoms with Gasteiger partial charge in [0.15, 0.2) is 6.29 Å². The Morgan fingerprint density at radius 3 is 3.00 bits per heavy atom. The van der Waals surface area contributed by atoms with Crippen LogP contribution in [0.15, 0.2) is 0 Å². The lowest BCUT2D eigenvalue weighted by Gasteiger charge is -2.23. The van der Waals surface area contributed by atoms with Crippen LogP contribution in [-0.4, -0.2) is 33.8 Å². The Kier molecular flexibility index (Phi) is 4.23. The van der Waals surface area contributed by atoms with Crippen LogP contribution in [0.1, 0.15) is 29.0 Å². The zero-order chi connectivity index (χ0) is 12.3. The molecule has 0 amide bonds. The number of hydrogen-bond donors (Lipinski definition) is 1. The van der Waals surface area contributed by atoms with Crippen molar-refractivity contribution in [1.82, 2.24) is 9.97 Å². The molecule has 2 rings (SSSR count). The molecule has 0 radical (unpaired) electrons. The van der Waals surface area contributed by atoms with E-state index in [-0.39, 0.29) is 5.15 Å². The van der Waals surface area contributed by atoms with Crippen LogP contribution in [0.3, 0.4) is 0 Å². The number of nitrogens with one attached hydrogen (secondary N) is 1. The van der Waals surface area contributed by atoms with Crippen LogP contribution in [0.5, 0.6) is 0 Å². The minimum absolute atomic E-state index is 0.221. The maximum Gasteiger partial charge on any atom is 0.156 e. The first kappa shape index (κ1) is 12.6. The van der Waals surface area contributed by atoms with Gasteiger partial charge in [-0.25, -0.2) is 9.97 Å². The Labute approximate surface area is 110 Å². The SMILES string of the molecule is Cc1nc(Cl)c(C=O)c(NC2CCCSC2)n1. The van der Waals surface area contributed by atoms with Gasteiger partial charge in [-0.2, -0.15) is 11.8 Å². The fourth-order valence-corrected chi connectivity index (χ4v) is 3.14. The smallest absolute Gasteiger partial charge is 0.156 e. The molecule has 0 saturated carbocycles. The normalized spacial score (nSPS) is 20.0. The van der Waals surface area contributed by atoms with Crippen molar-refractivity contribution in [3.05, 3.63) is 16.5 Å². The molecule has 1 aromatic heterocycles. The Balaban J connectivity index is 2.21. The van der Waals surface area contributed by atoms with Crippen LogP contribution < -0.4 is 5.32 Å². The molecule has 1 aliphatic rings. The zero-order valence-electron chi connectivity index (χ0n) is 9.57. The summed E-state index contributed by atoms with van der Waals surface area (Å²) in [6.07, 6.45) is 3.00. The number of thioether (sulfide) groups is 1. The number of hydrogen-bond acceptors (Lipinski definition) is 5. The van der Waals surface area contributed by atoms with E-state index in [4.69, 9.17) is 11.6 Å². The molecule has 17 heavy (non-hydrogen) atoms. The summed E-state index contributed by atoms with van der Waals surface area (Å²) >= 11 is 7.84. The van der Waals surface area contributed by atoms with Gasteiger partial charge in [0.25, 0.3) is 0 Å². The highest BCUT2D eigenvalue weighted by atomic mass is 35.5. The molecule has 1 aliphatic heterocycles. The van der Waals surface area contributed by atoms with Crippen molar-refractivity contribution in [3.8, 4) is 0 Å². The molecule has 1 saturated heterocycles. The second kappa shape index (κ2) is 5.69. The van der Waals surface area contributed by atoms with Crippen molar-refractivity contribution >= 4 is 35.5 Å². The summed E-state index contributed by atoms with van der Waals surface area (Å²) in [6, 6.07) is 0.359. The highest BCUT2D eigenvalue weighted by Crippen LogP contribution is 2.24. The quantitative estimate of drug-likeness (QED) is 0.676. The van der Waals surface area contributed by atoms with E-state index >= 15 is 0 Å². The lowest BCUT2D eigenvalue weighted by Crippen LogP contribution is -2.27. The van der Waals surface area contributed by atoms with Crippen molar-refractivity contribution in [1.29, 1.82) is 0 Å². The summed E-state index contributed by atoms with van der Waals surface area (Å²) in [6.45, 7) is 1.77. The van der Waals surface area contributed by atoms with Crippen molar-refractivity contribution in [2.75, 3.05) is 16.8 Å². The molecule has 6 heteroatoms. The van der Waals surface area contributed by atoms with E-state index in [9.17, 15) is 4.79 Å². The topological polar surface area (TPSA) is 54.9 Å². The molecule has 2 heterocycles. The van der Waals surface area contributed by atoms with E-state index in [1.165, 1.54) is 12.2 Å². The highest BCUT2D eigenvalue weighted by Gasteiger charge is 2.17. The average Bonchev–Trinajstić information content (AvgIpc) is 2.30. The van der Waals surface area contributed by atoms with E-state index in [2.05, 4.69) is 15.3 Å². The van der Waals surface area contributed by atoms with Gasteiger partial charge in [0.1, 0.15) is 16.8 Å². The first-order chi connectivity index (χ1) is 8.20. The van der Waals surface area contributed by atoms with Gasteiger partial charge in [0.2, 0.25) is 0 Å². The first-order valence-electron chi connectivity index (χ1n) is 5.54. The Morgan fingerprint density at radius 1 is 1.53 bits per heavy atom. The third kappa shape index (κ3) is 3.10. The van der Waals surface area contributed by atoms with E-state index < -0.39 is 0 Å². The number of aryl methyl sites for hydroxylation is 1. The molecule has 1 fully saturated rings. The van der Waals surface area contributed by atoms with Crippen LogP contribution >= 0.6 is 23.4 Å². The molecule has 0 aromatic carbocycles. The number of rotatable bonds is 3. The predicted octanol–water partition coefficient (Wildman–Crippen LogP) is 2.56. The monoisotopic (exact) mass is 271 g/mol. The second-order valence-corrected chi connectivity index (χ2v) is 5.51. The van der Waals surface area contributed by atoms with E-state index in [0.29, 0.717) is 29.5 Å². The average molecular weight is 272 g/mol. The molecule has 1 unspecified atom stereocenters. The van der Waals surface area contributed by atoms with Gasteiger partial charge >= 0.3 is 0 Å². The molecule has 0 spiro atoms. The number of anilines is 1. The summed E-state index contributed by atoms with van der Waals surface area (Å²) in [5.74, 6) is 3.39. The van der Waals surface area contributed by atoms with E-state index in [1.54, 1.807) is 6.92 Å².